The normalized spacial score (nSPS) is 12.5. The Morgan fingerprint density at radius 1 is 1.38 bits per heavy atom. The van der Waals surface area contributed by atoms with Crippen molar-refractivity contribution in [3.8, 4) is 0 Å². The van der Waals surface area contributed by atoms with Gasteiger partial charge in [-0.05, 0) is 17.7 Å². The molecule has 0 bridgehead atoms. The van der Waals surface area contributed by atoms with Crippen LogP contribution in [0.1, 0.15) is 11.0 Å². The molecule has 0 amide bonds. The first kappa shape index (κ1) is 9.97. The van der Waals surface area contributed by atoms with Crippen LogP contribution in [0, 0.1) is 10.1 Å². The van der Waals surface area contributed by atoms with Crippen molar-refractivity contribution in [3.05, 3.63) is 39.9 Å². The zero-order valence-corrected chi connectivity index (χ0v) is 7.27. The van der Waals surface area contributed by atoms with E-state index in [4.69, 9.17) is 9.66 Å². The van der Waals surface area contributed by atoms with Crippen LogP contribution < -0.4 is 0 Å². The van der Waals surface area contributed by atoms with Gasteiger partial charge in [-0.15, -0.1) is 0 Å². The average molecular weight is 201 g/mol. The molecule has 2 N–H and O–H groups in total. The first-order chi connectivity index (χ1) is 6.15. The lowest BCUT2D eigenvalue weighted by atomic mass is 10.2. The topological polar surface area (TPSA) is 83.6 Å². The molecular weight excluding hydrogens is 194 g/mol. The van der Waals surface area contributed by atoms with Gasteiger partial charge < -0.3 is 9.66 Å². The molecule has 5 nitrogen and oxygen atoms in total. The number of benzene rings is 1. The van der Waals surface area contributed by atoms with Gasteiger partial charge in [0.25, 0.3) is 5.69 Å². The van der Waals surface area contributed by atoms with Crippen molar-refractivity contribution in [1.82, 2.24) is 0 Å². The zero-order chi connectivity index (χ0) is 9.84. The molecule has 0 fully saturated rings. The molecule has 0 saturated carbocycles. The summed E-state index contributed by atoms with van der Waals surface area (Å²) >= 11 is 0.278. The standard InChI is InChI=1S/C7H7NO4S/c9-7(13-12)5-1-3-6(4-2-5)8(10)11/h1-4,7,9,12H. The van der Waals surface area contributed by atoms with Crippen molar-refractivity contribution >= 4 is 17.7 Å². The highest BCUT2D eigenvalue weighted by atomic mass is 32.2. The van der Waals surface area contributed by atoms with Crippen LogP contribution in [0.4, 0.5) is 5.69 Å². The van der Waals surface area contributed by atoms with Crippen LogP contribution in [0.25, 0.3) is 0 Å². The fourth-order valence-corrected chi connectivity index (χ4v) is 1.10. The number of nitrogens with zero attached hydrogens (tertiary/aromatic N) is 1. The van der Waals surface area contributed by atoms with Gasteiger partial charge in [0.15, 0.2) is 0 Å². The number of non-ortho nitro benzene ring substituents is 1. The van der Waals surface area contributed by atoms with Gasteiger partial charge >= 0.3 is 0 Å². The van der Waals surface area contributed by atoms with Gasteiger partial charge in [-0.2, -0.15) is 0 Å². The predicted octanol–water partition coefficient (Wildman–Crippen LogP) is 1.79. The lowest BCUT2D eigenvalue weighted by Crippen LogP contribution is -1.92. The molecule has 0 aliphatic rings. The molecule has 0 aromatic heterocycles. The molecule has 0 saturated heterocycles. The van der Waals surface area contributed by atoms with Crippen LogP contribution >= 0.6 is 12.0 Å². The third kappa shape index (κ3) is 2.41. The molecule has 1 aromatic carbocycles. The third-order valence-electron chi connectivity index (χ3n) is 1.49. The molecule has 0 aliphatic carbocycles. The molecule has 0 aliphatic heterocycles. The van der Waals surface area contributed by atoms with Crippen LogP contribution in [0.15, 0.2) is 24.3 Å². The SMILES string of the molecule is O=[N+]([O-])c1ccc(C(O)SO)cc1. The Labute approximate surface area is 78.4 Å². The Kier molecular flexibility index (Phi) is 3.24. The largest absolute Gasteiger partial charge is 0.376 e. The number of nitro benzene ring substituents is 1. The Bertz CT molecular complexity index is 300. The second-order valence-corrected chi connectivity index (χ2v) is 2.96. The first-order valence-corrected chi connectivity index (χ1v) is 4.21. The third-order valence-corrected chi connectivity index (χ3v) is 1.96. The van der Waals surface area contributed by atoms with Crippen molar-refractivity contribution in [2.45, 2.75) is 5.44 Å². The van der Waals surface area contributed by atoms with E-state index in [0.717, 1.165) is 0 Å². The van der Waals surface area contributed by atoms with Crippen molar-refractivity contribution < 1.29 is 14.6 Å². The van der Waals surface area contributed by atoms with Gasteiger partial charge in [0, 0.05) is 24.2 Å². The second kappa shape index (κ2) is 4.22. The van der Waals surface area contributed by atoms with Crippen LogP contribution in [-0.2, 0) is 0 Å². The van der Waals surface area contributed by atoms with E-state index < -0.39 is 10.4 Å². The molecule has 0 spiro atoms. The van der Waals surface area contributed by atoms with Crippen LogP contribution in [0.2, 0.25) is 0 Å². The maximum absolute atomic E-state index is 10.2. The van der Waals surface area contributed by atoms with E-state index in [1.807, 2.05) is 0 Å². The van der Waals surface area contributed by atoms with Crippen molar-refractivity contribution in [3.63, 3.8) is 0 Å². The summed E-state index contributed by atoms with van der Waals surface area (Å²) in [5.41, 5.74) is -0.669. The van der Waals surface area contributed by atoms with Gasteiger partial charge in [0.2, 0.25) is 0 Å². The van der Waals surface area contributed by atoms with Crippen molar-refractivity contribution in [1.29, 1.82) is 0 Å². The molecule has 0 heterocycles. The summed E-state index contributed by atoms with van der Waals surface area (Å²) in [6.45, 7) is 0. The first-order valence-electron chi connectivity index (χ1n) is 3.38. The van der Waals surface area contributed by atoms with E-state index in [1.165, 1.54) is 24.3 Å². The van der Waals surface area contributed by atoms with E-state index in [2.05, 4.69) is 0 Å². The van der Waals surface area contributed by atoms with Gasteiger partial charge in [-0.3, -0.25) is 10.1 Å². The fourth-order valence-electron chi connectivity index (χ4n) is 0.822. The number of aliphatic hydroxyl groups excluding tert-OH is 1. The maximum atomic E-state index is 10.2. The molecule has 13 heavy (non-hydrogen) atoms. The maximum Gasteiger partial charge on any atom is 0.269 e. The minimum Gasteiger partial charge on any atom is -0.376 e. The Balaban J connectivity index is 2.87. The summed E-state index contributed by atoms with van der Waals surface area (Å²) in [4.78, 5) is 9.71. The summed E-state index contributed by atoms with van der Waals surface area (Å²) in [7, 11) is 0. The quantitative estimate of drug-likeness (QED) is 0.337. The lowest BCUT2D eigenvalue weighted by Gasteiger charge is -2.04. The van der Waals surface area contributed by atoms with Crippen molar-refractivity contribution in [2.75, 3.05) is 0 Å². The average Bonchev–Trinajstić information content (AvgIpc) is 2.17. The van der Waals surface area contributed by atoms with Gasteiger partial charge in [-0.25, -0.2) is 0 Å². The summed E-state index contributed by atoms with van der Waals surface area (Å²) in [5.74, 6) is 0. The van der Waals surface area contributed by atoms with Crippen LogP contribution in [0.3, 0.4) is 0 Å². The number of nitro groups is 1. The van der Waals surface area contributed by atoms with E-state index in [-0.39, 0.29) is 17.7 Å². The van der Waals surface area contributed by atoms with Crippen LogP contribution in [0.5, 0.6) is 0 Å². The van der Waals surface area contributed by atoms with Gasteiger partial charge in [0.1, 0.15) is 5.44 Å². The second-order valence-electron chi connectivity index (χ2n) is 2.31. The molecule has 1 rings (SSSR count). The fraction of sp³-hybridized carbons (Fsp3) is 0.143. The zero-order valence-electron chi connectivity index (χ0n) is 6.45. The Morgan fingerprint density at radius 3 is 2.31 bits per heavy atom. The highest BCUT2D eigenvalue weighted by Crippen LogP contribution is 2.24. The Hall–Kier alpha value is -1.11. The number of aliphatic hydroxyl groups is 1. The van der Waals surface area contributed by atoms with Gasteiger partial charge in [0.05, 0.1) is 4.92 Å². The molecule has 1 atom stereocenters. The number of hydrogen-bond donors (Lipinski definition) is 2. The molecule has 1 unspecified atom stereocenters. The molecule has 6 heteroatoms. The highest BCUT2D eigenvalue weighted by Gasteiger charge is 2.09. The predicted molar refractivity (Wildman–Crippen MR) is 48.3 cm³/mol. The van der Waals surface area contributed by atoms with E-state index in [9.17, 15) is 10.1 Å². The minimum absolute atomic E-state index is 0.0427. The molecular formula is C7H7NO4S. The summed E-state index contributed by atoms with van der Waals surface area (Å²) in [6.07, 6.45) is 0. The van der Waals surface area contributed by atoms with E-state index in [0.29, 0.717) is 5.56 Å². The minimum atomic E-state index is -1.05. The van der Waals surface area contributed by atoms with E-state index >= 15 is 0 Å². The van der Waals surface area contributed by atoms with Crippen LogP contribution in [-0.4, -0.2) is 14.6 Å². The molecule has 1 aromatic rings. The molecule has 0 radical (unpaired) electrons. The Morgan fingerprint density at radius 2 is 1.92 bits per heavy atom. The summed E-state index contributed by atoms with van der Waals surface area (Å²) in [5, 5.41) is 19.3. The molecule has 70 valence electrons. The summed E-state index contributed by atoms with van der Waals surface area (Å²) in [6, 6.07) is 5.33. The number of rotatable bonds is 3. The lowest BCUT2D eigenvalue weighted by molar-refractivity contribution is -0.384. The highest BCUT2D eigenvalue weighted by molar-refractivity contribution is 7.93. The van der Waals surface area contributed by atoms with Crippen molar-refractivity contribution in [2.24, 2.45) is 0 Å². The van der Waals surface area contributed by atoms with Gasteiger partial charge in [-0.1, -0.05) is 0 Å². The summed E-state index contributed by atoms with van der Waals surface area (Å²) < 4.78 is 8.50. The number of hydrogen-bond acceptors (Lipinski definition) is 5. The smallest absolute Gasteiger partial charge is 0.269 e. The van der Waals surface area contributed by atoms with E-state index in [1.54, 1.807) is 0 Å². The monoisotopic (exact) mass is 201 g/mol.